The van der Waals surface area contributed by atoms with Crippen LogP contribution in [0.4, 0.5) is 5.69 Å². The molecule has 0 aliphatic rings. The Morgan fingerprint density at radius 2 is 2.08 bits per heavy atom. The van der Waals surface area contributed by atoms with Crippen LogP contribution in [-0.2, 0) is 4.79 Å². The third kappa shape index (κ3) is 4.14. The Morgan fingerprint density at radius 3 is 2.85 bits per heavy atom. The van der Waals surface area contributed by atoms with Crippen LogP contribution in [0.5, 0.6) is 0 Å². The van der Waals surface area contributed by atoms with Gasteiger partial charge < -0.3 is 11.2 Å². The summed E-state index contributed by atoms with van der Waals surface area (Å²) in [7, 11) is 0. The molecule has 0 saturated heterocycles. The smallest absolute Gasteiger partial charge is 0.234 e. The van der Waals surface area contributed by atoms with Crippen molar-refractivity contribution in [3.8, 4) is 17.5 Å². The van der Waals surface area contributed by atoms with E-state index in [2.05, 4.69) is 15.5 Å². The Morgan fingerprint density at radius 1 is 1.27 bits per heavy atom. The number of benzene rings is 2. The average molecular weight is 385 g/mol. The largest absolute Gasteiger partial charge is 0.335 e. The molecule has 9 heteroatoms. The van der Waals surface area contributed by atoms with Gasteiger partial charge in [-0.15, -0.1) is 10.2 Å². The number of nitrogens with two attached hydrogens (primary N) is 1. The first-order valence-electron chi connectivity index (χ1n) is 7.46. The van der Waals surface area contributed by atoms with Gasteiger partial charge in [-0.3, -0.25) is 4.79 Å². The van der Waals surface area contributed by atoms with E-state index in [4.69, 9.17) is 22.7 Å². The molecule has 3 N–H and O–H groups in total. The standard InChI is InChI=1S/C17H13ClN6OS/c18-13-5-2-4-12(8-13)16-22-23-17(24(16)20)26-10-15(25)21-14-6-1-3-11(7-14)9-19/h1-8H,10,20H2,(H,21,25). The number of carbonyl (C=O) groups excluding carboxylic acids is 1. The number of hydrogen-bond acceptors (Lipinski definition) is 6. The summed E-state index contributed by atoms with van der Waals surface area (Å²) in [5.41, 5.74) is 1.77. The summed E-state index contributed by atoms with van der Waals surface area (Å²) < 4.78 is 1.32. The number of nitrogens with one attached hydrogen (secondary N) is 1. The molecule has 1 heterocycles. The van der Waals surface area contributed by atoms with Crippen molar-refractivity contribution < 1.29 is 4.79 Å². The van der Waals surface area contributed by atoms with Crippen LogP contribution in [-0.4, -0.2) is 26.5 Å². The van der Waals surface area contributed by atoms with Gasteiger partial charge in [0.05, 0.1) is 17.4 Å². The van der Waals surface area contributed by atoms with E-state index in [0.717, 1.165) is 17.3 Å². The van der Waals surface area contributed by atoms with Gasteiger partial charge in [0, 0.05) is 16.3 Å². The molecular formula is C17H13ClN6OS. The van der Waals surface area contributed by atoms with Crippen molar-refractivity contribution in [2.24, 2.45) is 0 Å². The number of rotatable bonds is 5. The maximum atomic E-state index is 12.1. The van der Waals surface area contributed by atoms with Crippen LogP contribution in [0.1, 0.15) is 5.56 Å². The lowest BCUT2D eigenvalue weighted by Crippen LogP contribution is -2.16. The SMILES string of the molecule is N#Cc1cccc(NC(=O)CSc2nnc(-c3cccc(Cl)c3)n2N)c1. The molecule has 130 valence electrons. The fourth-order valence-corrected chi connectivity index (χ4v) is 3.04. The number of nitrogens with zero attached hydrogens (tertiary/aromatic N) is 4. The van der Waals surface area contributed by atoms with E-state index in [0.29, 0.717) is 27.3 Å². The van der Waals surface area contributed by atoms with Gasteiger partial charge in [0.25, 0.3) is 0 Å². The monoisotopic (exact) mass is 384 g/mol. The van der Waals surface area contributed by atoms with Crippen molar-refractivity contribution in [2.75, 3.05) is 16.9 Å². The number of hydrogen-bond donors (Lipinski definition) is 2. The molecule has 3 rings (SSSR count). The van der Waals surface area contributed by atoms with E-state index in [9.17, 15) is 4.79 Å². The number of thioether (sulfide) groups is 1. The Balaban J connectivity index is 1.65. The lowest BCUT2D eigenvalue weighted by Gasteiger charge is -2.06. The van der Waals surface area contributed by atoms with E-state index in [1.54, 1.807) is 42.5 Å². The maximum Gasteiger partial charge on any atom is 0.234 e. The molecule has 1 amide bonds. The Labute approximate surface area is 158 Å². The Kier molecular flexibility index (Phi) is 5.41. The van der Waals surface area contributed by atoms with Crippen LogP contribution in [0.25, 0.3) is 11.4 Å². The number of nitriles is 1. The molecule has 0 aliphatic carbocycles. The van der Waals surface area contributed by atoms with E-state index in [1.165, 1.54) is 4.68 Å². The zero-order chi connectivity index (χ0) is 18.5. The summed E-state index contributed by atoms with van der Waals surface area (Å²) in [6.45, 7) is 0. The summed E-state index contributed by atoms with van der Waals surface area (Å²) in [4.78, 5) is 12.1. The zero-order valence-corrected chi connectivity index (χ0v) is 15.0. The summed E-state index contributed by atoms with van der Waals surface area (Å²) >= 11 is 7.14. The van der Waals surface area contributed by atoms with Gasteiger partial charge in [-0.1, -0.05) is 41.6 Å². The number of nitrogen functional groups attached to an aromatic ring is 1. The minimum Gasteiger partial charge on any atom is -0.335 e. The van der Waals surface area contributed by atoms with Crippen LogP contribution >= 0.6 is 23.4 Å². The molecule has 0 bridgehead atoms. The topological polar surface area (TPSA) is 110 Å². The highest BCUT2D eigenvalue weighted by Gasteiger charge is 2.14. The molecule has 3 aromatic rings. The van der Waals surface area contributed by atoms with Crippen LogP contribution in [0.2, 0.25) is 5.02 Å². The lowest BCUT2D eigenvalue weighted by atomic mass is 10.2. The van der Waals surface area contributed by atoms with Gasteiger partial charge in [0.1, 0.15) is 0 Å². The van der Waals surface area contributed by atoms with Crippen LogP contribution in [0.15, 0.2) is 53.7 Å². The number of amides is 1. The minimum atomic E-state index is -0.239. The van der Waals surface area contributed by atoms with E-state index < -0.39 is 0 Å². The van der Waals surface area contributed by atoms with Gasteiger partial charge in [-0.2, -0.15) is 5.26 Å². The summed E-state index contributed by atoms with van der Waals surface area (Å²) in [5.74, 6) is 6.34. The van der Waals surface area contributed by atoms with Crippen molar-refractivity contribution in [1.29, 1.82) is 5.26 Å². The first kappa shape index (κ1) is 17.8. The average Bonchev–Trinajstić information content (AvgIpc) is 3.01. The van der Waals surface area contributed by atoms with E-state index >= 15 is 0 Å². The second-order valence-electron chi connectivity index (χ2n) is 5.22. The summed E-state index contributed by atoms with van der Waals surface area (Å²) in [6, 6.07) is 15.8. The quantitative estimate of drug-likeness (QED) is 0.517. The third-order valence-electron chi connectivity index (χ3n) is 3.36. The van der Waals surface area contributed by atoms with Gasteiger partial charge in [0.2, 0.25) is 11.1 Å². The highest BCUT2D eigenvalue weighted by molar-refractivity contribution is 7.99. The highest BCUT2D eigenvalue weighted by Crippen LogP contribution is 2.24. The van der Waals surface area contributed by atoms with Crippen LogP contribution in [0, 0.1) is 11.3 Å². The molecule has 0 aliphatic heterocycles. The maximum absolute atomic E-state index is 12.1. The number of anilines is 1. The van der Waals surface area contributed by atoms with Gasteiger partial charge in [-0.05, 0) is 30.3 Å². The number of halogens is 1. The predicted molar refractivity (Wildman–Crippen MR) is 101 cm³/mol. The fourth-order valence-electron chi connectivity index (χ4n) is 2.19. The molecule has 0 saturated carbocycles. The third-order valence-corrected chi connectivity index (χ3v) is 4.53. The van der Waals surface area contributed by atoms with Gasteiger partial charge >= 0.3 is 0 Å². The summed E-state index contributed by atoms with van der Waals surface area (Å²) in [5, 5.41) is 20.6. The molecule has 0 fully saturated rings. The number of aromatic nitrogens is 3. The second-order valence-corrected chi connectivity index (χ2v) is 6.59. The molecule has 0 atom stereocenters. The Bertz CT molecular complexity index is 997. The van der Waals surface area contributed by atoms with Crippen molar-refractivity contribution in [2.45, 2.75) is 5.16 Å². The van der Waals surface area contributed by atoms with E-state index in [1.807, 2.05) is 12.1 Å². The molecule has 2 aromatic carbocycles. The fraction of sp³-hybridized carbons (Fsp3) is 0.0588. The van der Waals surface area contributed by atoms with Gasteiger partial charge in [0.15, 0.2) is 5.82 Å². The summed E-state index contributed by atoms with van der Waals surface area (Å²) in [6.07, 6.45) is 0. The predicted octanol–water partition coefficient (Wildman–Crippen LogP) is 2.91. The van der Waals surface area contributed by atoms with Crippen molar-refractivity contribution in [3.63, 3.8) is 0 Å². The van der Waals surface area contributed by atoms with Crippen molar-refractivity contribution in [1.82, 2.24) is 14.9 Å². The highest BCUT2D eigenvalue weighted by atomic mass is 35.5. The molecule has 0 radical (unpaired) electrons. The normalized spacial score (nSPS) is 10.3. The van der Waals surface area contributed by atoms with Crippen LogP contribution < -0.4 is 11.2 Å². The van der Waals surface area contributed by atoms with Crippen LogP contribution in [0.3, 0.4) is 0 Å². The van der Waals surface area contributed by atoms with Gasteiger partial charge in [-0.25, -0.2) is 4.68 Å². The molecule has 1 aromatic heterocycles. The molecular weight excluding hydrogens is 372 g/mol. The molecule has 26 heavy (non-hydrogen) atoms. The second kappa shape index (κ2) is 7.91. The molecule has 0 unspecified atom stereocenters. The van der Waals surface area contributed by atoms with Crippen molar-refractivity contribution >= 4 is 35.0 Å². The van der Waals surface area contributed by atoms with Crippen molar-refractivity contribution in [3.05, 3.63) is 59.1 Å². The first-order chi connectivity index (χ1) is 12.6. The lowest BCUT2D eigenvalue weighted by molar-refractivity contribution is -0.113. The Hall–Kier alpha value is -3.02. The molecule has 7 nitrogen and oxygen atoms in total. The minimum absolute atomic E-state index is 0.0989. The molecule has 0 spiro atoms. The zero-order valence-electron chi connectivity index (χ0n) is 13.4. The van der Waals surface area contributed by atoms with E-state index in [-0.39, 0.29) is 11.7 Å². The first-order valence-corrected chi connectivity index (χ1v) is 8.82. The number of carbonyl (C=O) groups is 1.